The second kappa shape index (κ2) is 3.44. The Labute approximate surface area is 64.0 Å². The van der Waals surface area contributed by atoms with E-state index in [1.807, 2.05) is 0 Å². The van der Waals surface area contributed by atoms with Gasteiger partial charge in [-0.3, -0.25) is 5.48 Å². The van der Waals surface area contributed by atoms with Gasteiger partial charge < -0.3 is 0 Å². The third kappa shape index (κ3) is 1.98. The molecular formula is C8H9F2O. The van der Waals surface area contributed by atoms with Crippen LogP contribution in [0.5, 0.6) is 0 Å². The summed E-state index contributed by atoms with van der Waals surface area (Å²) in [6.45, 7) is 3.08. The Kier molecular flexibility index (Phi) is 3.14. The first kappa shape index (κ1) is 10.0. The molecule has 0 aliphatic heterocycles. The monoisotopic (exact) mass is 159 g/mol. The molecule has 3 heteroatoms. The molecule has 61 valence electrons. The van der Waals surface area contributed by atoms with Gasteiger partial charge in [-0.1, -0.05) is 0 Å². The predicted molar refractivity (Wildman–Crippen MR) is 37.8 cm³/mol. The van der Waals surface area contributed by atoms with Crippen LogP contribution in [0.3, 0.4) is 0 Å². The van der Waals surface area contributed by atoms with Crippen molar-refractivity contribution in [1.29, 1.82) is 0 Å². The van der Waals surface area contributed by atoms with E-state index in [0.29, 0.717) is 5.56 Å². The van der Waals surface area contributed by atoms with Crippen LogP contribution < -0.4 is 0 Å². The second-order valence-corrected chi connectivity index (χ2v) is 2.35. The van der Waals surface area contributed by atoms with Crippen molar-refractivity contribution in [2.75, 3.05) is 0 Å². The number of rotatable bonds is 0. The molecule has 0 spiro atoms. The Morgan fingerprint density at radius 2 is 1.36 bits per heavy atom. The van der Waals surface area contributed by atoms with Crippen LogP contribution in [0.4, 0.5) is 8.78 Å². The zero-order chi connectivity index (χ0) is 7.72. The third-order valence-electron chi connectivity index (χ3n) is 1.43. The maximum Gasteiger partial charge on any atom is 0.129 e. The van der Waals surface area contributed by atoms with Gasteiger partial charge in [-0.25, -0.2) is 8.78 Å². The zero-order valence-electron chi connectivity index (χ0n) is 6.36. The van der Waals surface area contributed by atoms with Gasteiger partial charge in [0.05, 0.1) is 0 Å². The lowest BCUT2D eigenvalue weighted by Gasteiger charge is -1.98. The lowest BCUT2D eigenvalue weighted by atomic mass is 10.1. The van der Waals surface area contributed by atoms with E-state index in [1.54, 1.807) is 6.92 Å². The molecule has 0 atom stereocenters. The molecule has 0 fully saturated rings. The average Bonchev–Trinajstić information content (AvgIpc) is 1.82. The van der Waals surface area contributed by atoms with Crippen LogP contribution in [0.2, 0.25) is 0 Å². The van der Waals surface area contributed by atoms with E-state index in [1.165, 1.54) is 19.1 Å². The number of benzene rings is 1. The lowest BCUT2D eigenvalue weighted by Crippen LogP contribution is -1.88. The van der Waals surface area contributed by atoms with E-state index in [-0.39, 0.29) is 11.0 Å². The summed E-state index contributed by atoms with van der Waals surface area (Å²) in [6, 6.07) is 2.64. The molecule has 1 radical (unpaired) electrons. The number of aryl methyl sites for hydroxylation is 1. The Balaban J connectivity index is 0.000001000. The van der Waals surface area contributed by atoms with Crippen molar-refractivity contribution in [3.8, 4) is 0 Å². The SMILES string of the molecule is Cc1cc(F)c(C)c(F)c1.[OH]. The molecule has 0 aromatic heterocycles. The molecule has 1 N–H and O–H groups in total. The topological polar surface area (TPSA) is 30.0 Å². The summed E-state index contributed by atoms with van der Waals surface area (Å²) in [5.41, 5.74) is 0.700. The van der Waals surface area contributed by atoms with Gasteiger partial charge in [0.1, 0.15) is 11.6 Å². The van der Waals surface area contributed by atoms with Crippen molar-refractivity contribution in [3.05, 3.63) is 34.9 Å². The van der Waals surface area contributed by atoms with Crippen LogP contribution in [-0.2, 0) is 0 Å². The summed E-state index contributed by atoms with van der Waals surface area (Å²) < 4.78 is 25.2. The van der Waals surface area contributed by atoms with E-state index in [4.69, 9.17) is 0 Å². The number of hydrogen-bond donors (Lipinski definition) is 1. The molecule has 0 aliphatic rings. The number of halogens is 2. The van der Waals surface area contributed by atoms with Crippen molar-refractivity contribution in [2.24, 2.45) is 0 Å². The molecular weight excluding hydrogens is 150 g/mol. The van der Waals surface area contributed by atoms with E-state index in [0.717, 1.165) is 0 Å². The average molecular weight is 159 g/mol. The first-order valence-corrected chi connectivity index (χ1v) is 3.03. The Morgan fingerprint density at radius 1 is 1.00 bits per heavy atom. The van der Waals surface area contributed by atoms with Gasteiger partial charge in [0, 0.05) is 5.56 Å². The van der Waals surface area contributed by atoms with Crippen molar-refractivity contribution in [1.82, 2.24) is 0 Å². The van der Waals surface area contributed by atoms with Crippen LogP contribution in [0.25, 0.3) is 0 Å². The van der Waals surface area contributed by atoms with Crippen molar-refractivity contribution in [3.63, 3.8) is 0 Å². The highest BCUT2D eigenvalue weighted by Gasteiger charge is 2.02. The van der Waals surface area contributed by atoms with E-state index in [2.05, 4.69) is 0 Å². The quantitative estimate of drug-likeness (QED) is 0.602. The van der Waals surface area contributed by atoms with Gasteiger partial charge in [-0.15, -0.1) is 0 Å². The van der Waals surface area contributed by atoms with E-state index >= 15 is 0 Å². The van der Waals surface area contributed by atoms with Gasteiger partial charge in [0.2, 0.25) is 0 Å². The molecule has 0 aliphatic carbocycles. The standard InChI is InChI=1S/C8H8F2.HO/c1-5-3-7(9)6(2)8(10)4-5;/h3-4H,1-2H3;1H. The summed E-state index contributed by atoms with van der Waals surface area (Å²) in [6.07, 6.45) is 0. The minimum atomic E-state index is -0.475. The normalized spacial score (nSPS) is 9.09. The van der Waals surface area contributed by atoms with Crippen LogP contribution in [0.1, 0.15) is 11.1 Å². The van der Waals surface area contributed by atoms with E-state index < -0.39 is 11.6 Å². The summed E-state index contributed by atoms with van der Waals surface area (Å²) >= 11 is 0. The lowest BCUT2D eigenvalue weighted by molar-refractivity contribution is 0.566. The maximum atomic E-state index is 12.6. The van der Waals surface area contributed by atoms with Crippen LogP contribution in [0, 0.1) is 25.5 Å². The molecule has 1 aromatic carbocycles. The molecule has 0 bridgehead atoms. The molecule has 1 nitrogen and oxygen atoms in total. The summed E-state index contributed by atoms with van der Waals surface area (Å²) in [5, 5.41) is 0. The molecule has 0 unspecified atom stereocenters. The summed E-state index contributed by atoms with van der Waals surface area (Å²) in [5.74, 6) is -0.949. The maximum absolute atomic E-state index is 12.6. The van der Waals surface area contributed by atoms with Gasteiger partial charge in [-0.2, -0.15) is 0 Å². The second-order valence-electron chi connectivity index (χ2n) is 2.35. The van der Waals surface area contributed by atoms with Crippen molar-refractivity contribution < 1.29 is 14.3 Å². The smallest absolute Gasteiger partial charge is 0.129 e. The molecule has 1 aromatic rings. The molecule has 11 heavy (non-hydrogen) atoms. The van der Waals surface area contributed by atoms with Crippen LogP contribution >= 0.6 is 0 Å². The summed E-state index contributed by atoms with van der Waals surface area (Å²) in [4.78, 5) is 0. The first-order chi connectivity index (χ1) is 4.61. The zero-order valence-corrected chi connectivity index (χ0v) is 6.36. The third-order valence-corrected chi connectivity index (χ3v) is 1.43. The van der Waals surface area contributed by atoms with Crippen molar-refractivity contribution >= 4 is 0 Å². The Bertz CT molecular complexity index is 235. The minimum absolute atomic E-state index is 0. The highest BCUT2D eigenvalue weighted by Crippen LogP contribution is 2.12. The van der Waals surface area contributed by atoms with Gasteiger partial charge >= 0.3 is 0 Å². The Morgan fingerprint density at radius 3 is 1.73 bits per heavy atom. The molecule has 0 saturated carbocycles. The molecule has 0 amide bonds. The summed E-state index contributed by atoms with van der Waals surface area (Å²) in [7, 11) is 0. The van der Waals surface area contributed by atoms with Crippen LogP contribution in [0.15, 0.2) is 12.1 Å². The molecule has 0 heterocycles. The number of hydrogen-bond acceptors (Lipinski definition) is 0. The van der Waals surface area contributed by atoms with Crippen LogP contribution in [-0.4, -0.2) is 5.48 Å². The fraction of sp³-hybridized carbons (Fsp3) is 0.250. The highest BCUT2D eigenvalue weighted by molar-refractivity contribution is 5.23. The van der Waals surface area contributed by atoms with E-state index in [9.17, 15) is 8.78 Å². The first-order valence-electron chi connectivity index (χ1n) is 3.03. The highest BCUT2D eigenvalue weighted by atomic mass is 19.1. The molecule has 1 rings (SSSR count). The minimum Gasteiger partial charge on any atom is -0.255 e. The largest absolute Gasteiger partial charge is 0.255 e. The van der Waals surface area contributed by atoms with Gasteiger partial charge in [-0.05, 0) is 31.5 Å². The van der Waals surface area contributed by atoms with Gasteiger partial charge in [0.15, 0.2) is 0 Å². The fourth-order valence-corrected chi connectivity index (χ4v) is 0.772. The Hall–Kier alpha value is -0.960. The molecule has 0 saturated heterocycles. The fourth-order valence-electron chi connectivity index (χ4n) is 0.772. The van der Waals surface area contributed by atoms with Crippen molar-refractivity contribution in [2.45, 2.75) is 13.8 Å². The van der Waals surface area contributed by atoms with Gasteiger partial charge in [0.25, 0.3) is 0 Å². The predicted octanol–water partition coefficient (Wildman–Crippen LogP) is 2.40.